The minimum Gasteiger partial charge on any atom is -0.494 e. The Labute approximate surface area is 228 Å². The van der Waals surface area contributed by atoms with Gasteiger partial charge in [-0.2, -0.15) is 4.68 Å². The Balaban J connectivity index is 1.87. The lowest BCUT2D eigenvalue weighted by Gasteiger charge is -2.27. The van der Waals surface area contributed by atoms with Crippen LogP contribution in [-0.4, -0.2) is 34.2 Å². The van der Waals surface area contributed by atoms with Crippen LogP contribution in [0.3, 0.4) is 0 Å². The van der Waals surface area contributed by atoms with Crippen LogP contribution in [0.1, 0.15) is 24.3 Å². The van der Waals surface area contributed by atoms with Crippen LogP contribution >= 0.6 is 7.05 Å². The van der Waals surface area contributed by atoms with Crippen molar-refractivity contribution in [3.8, 4) is 11.4 Å². The molecule has 196 valence electrons. The molecular weight excluding hydrogens is 507 g/mol. The minimum atomic E-state index is -2.70. The van der Waals surface area contributed by atoms with Crippen molar-refractivity contribution in [3.63, 3.8) is 0 Å². The van der Waals surface area contributed by atoms with E-state index in [0.29, 0.717) is 18.1 Å². The van der Waals surface area contributed by atoms with Gasteiger partial charge in [-0.25, -0.2) is 9.54 Å². The van der Waals surface area contributed by atoms with Gasteiger partial charge in [-0.3, -0.25) is 0 Å². The fourth-order valence-corrected chi connectivity index (χ4v) is 7.93. The number of carbonyl (C=O) groups is 1. The van der Waals surface area contributed by atoms with Gasteiger partial charge in [-0.15, -0.1) is 5.10 Å². The molecule has 39 heavy (non-hydrogen) atoms. The third-order valence-corrected chi connectivity index (χ3v) is 9.77. The molecule has 0 saturated carbocycles. The zero-order valence-electron chi connectivity index (χ0n) is 21.8. The van der Waals surface area contributed by atoms with Gasteiger partial charge >= 0.3 is 5.97 Å². The highest BCUT2D eigenvalue weighted by molar-refractivity contribution is 7.87. The van der Waals surface area contributed by atoms with Gasteiger partial charge in [0.15, 0.2) is 5.82 Å². The quantitative estimate of drug-likeness (QED) is 0.180. The molecule has 0 fully saturated rings. The molecule has 0 saturated heterocycles. The number of rotatable bonds is 9. The monoisotopic (exact) mass is 536 g/mol. The third kappa shape index (κ3) is 5.27. The second-order valence-corrected chi connectivity index (χ2v) is 11.6. The summed E-state index contributed by atoms with van der Waals surface area (Å²) in [6.45, 7) is 4.48. The van der Waals surface area contributed by atoms with Crippen LogP contribution in [0.4, 0.5) is 5.82 Å². The molecule has 0 amide bonds. The molecule has 5 aromatic rings. The predicted molar refractivity (Wildman–Crippen MR) is 156 cm³/mol. The third-order valence-electron chi connectivity index (χ3n) is 6.14. The summed E-state index contributed by atoms with van der Waals surface area (Å²) in [5.41, 5.74) is 0.769. The summed E-state index contributed by atoms with van der Waals surface area (Å²) in [5.74, 6) is 0.508. The standard InChI is InChI=1S/C31H29N4O3P/c1-3-37-25-22-20-24(21-23-25)35-30(29(32-34-35)31(36)38-4-2)33-39(26-14-8-5-9-15-26,27-16-10-6-11-17-27)28-18-12-7-13-19-28/h5-23H,3-4H2,1-2H3. The molecule has 8 heteroatoms. The number of benzene rings is 4. The van der Waals surface area contributed by atoms with Crippen molar-refractivity contribution < 1.29 is 14.3 Å². The maximum Gasteiger partial charge on any atom is 0.362 e. The number of esters is 1. The van der Waals surface area contributed by atoms with Gasteiger partial charge in [-0.05, 0) is 38.1 Å². The number of hydrogen-bond donors (Lipinski definition) is 0. The van der Waals surface area contributed by atoms with Crippen LogP contribution in [0.25, 0.3) is 5.69 Å². The Morgan fingerprint density at radius 2 is 1.26 bits per heavy atom. The second-order valence-electron chi connectivity index (χ2n) is 8.56. The molecule has 4 aromatic carbocycles. The molecule has 0 spiro atoms. The second kappa shape index (κ2) is 11.9. The van der Waals surface area contributed by atoms with E-state index in [0.717, 1.165) is 21.7 Å². The lowest BCUT2D eigenvalue weighted by atomic mass is 10.3. The van der Waals surface area contributed by atoms with Crippen LogP contribution in [0, 0.1) is 0 Å². The zero-order valence-corrected chi connectivity index (χ0v) is 22.7. The van der Waals surface area contributed by atoms with E-state index in [-0.39, 0.29) is 12.3 Å². The number of aromatic nitrogens is 3. The fourth-order valence-electron chi connectivity index (χ4n) is 4.42. The summed E-state index contributed by atoms with van der Waals surface area (Å²) in [7, 11) is -2.70. The smallest absolute Gasteiger partial charge is 0.362 e. The number of carbonyl (C=O) groups excluding carboxylic acids is 1. The maximum atomic E-state index is 13.1. The van der Waals surface area contributed by atoms with E-state index in [1.807, 2.05) is 85.8 Å². The van der Waals surface area contributed by atoms with Gasteiger partial charge in [-0.1, -0.05) is 96.2 Å². The first-order chi connectivity index (χ1) is 19.2. The van der Waals surface area contributed by atoms with Crippen molar-refractivity contribution in [2.75, 3.05) is 13.2 Å². The summed E-state index contributed by atoms with van der Waals surface area (Å²) in [6.07, 6.45) is 0. The SMILES string of the molecule is CCOC(=O)c1nnn(-c2ccc(OCC)cc2)c1N=P(c1ccccc1)(c1ccccc1)c1ccccc1. The summed E-state index contributed by atoms with van der Waals surface area (Å²) >= 11 is 0. The van der Waals surface area contributed by atoms with Gasteiger partial charge in [0.25, 0.3) is 0 Å². The molecule has 1 heterocycles. The Morgan fingerprint density at radius 3 is 1.72 bits per heavy atom. The Bertz CT molecular complexity index is 1480. The molecule has 5 rings (SSSR count). The number of nitrogens with zero attached hydrogens (tertiary/aromatic N) is 4. The molecule has 7 nitrogen and oxygen atoms in total. The molecule has 0 aliphatic rings. The predicted octanol–water partition coefficient (Wildman–Crippen LogP) is 5.65. The molecular formula is C31H29N4O3P. The molecule has 0 atom stereocenters. The summed E-state index contributed by atoms with van der Waals surface area (Å²) in [6, 6.07) is 38.1. The Hall–Kier alpha value is -4.48. The molecule has 0 bridgehead atoms. The van der Waals surface area contributed by atoms with E-state index < -0.39 is 13.0 Å². The van der Waals surface area contributed by atoms with Crippen molar-refractivity contribution in [2.45, 2.75) is 13.8 Å². The van der Waals surface area contributed by atoms with Crippen LogP contribution in [0.5, 0.6) is 5.75 Å². The molecule has 1 aromatic heterocycles. The highest BCUT2D eigenvalue weighted by Gasteiger charge is 2.31. The van der Waals surface area contributed by atoms with Crippen molar-refractivity contribution in [2.24, 2.45) is 4.74 Å². The van der Waals surface area contributed by atoms with Gasteiger partial charge in [0.2, 0.25) is 5.69 Å². The van der Waals surface area contributed by atoms with Gasteiger partial charge in [0.05, 0.1) is 26.0 Å². The van der Waals surface area contributed by atoms with E-state index in [1.54, 1.807) is 11.6 Å². The Kier molecular flexibility index (Phi) is 7.99. The summed E-state index contributed by atoms with van der Waals surface area (Å²) < 4.78 is 18.1. The largest absolute Gasteiger partial charge is 0.494 e. The van der Waals surface area contributed by atoms with Crippen molar-refractivity contribution in [1.82, 2.24) is 15.0 Å². The topological polar surface area (TPSA) is 78.6 Å². The first-order valence-electron chi connectivity index (χ1n) is 12.8. The number of hydrogen-bond acceptors (Lipinski definition) is 6. The first-order valence-corrected chi connectivity index (χ1v) is 14.6. The average molecular weight is 537 g/mol. The van der Waals surface area contributed by atoms with E-state index in [2.05, 4.69) is 46.7 Å². The van der Waals surface area contributed by atoms with Crippen LogP contribution in [-0.2, 0) is 4.74 Å². The van der Waals surface area contributed by atoms with E-state index in [1.165, 1.54) is 0 Å². The molecule has 0 radical (unpaired) electrons. The van der Waals surface area contributed by atoms with Gasteiger partial charge in [0, 0.05) is 15.9 Å². The molecule has 0 unspecified atom stereocenters. The Morgan fingerprint density at radius 1 is 0.744 bits per heavy atom. The van der Waals surface area contributed by atoms with E-state index >= 15 is 0 Å². The van der Waals surface area contributed by atoms with E-state index in [4.69, 9.17) is 14.2 Å². The first kappa shape index (κ1) is 26.1. The molecule has 0 aliphatic carbocycles. The highest BCUT2D eigenvalue weighted by atomic mass is 31.2. The van der Waals surface area contributed by atoms with E-state index in [9.17, 15) is 4.79 Å². The normalized spacial score (nSPS) is 11.1. The fraction of sp³-hybridized carbons (Fsp3) is 0.129. The zero-order chi connectivity index (χ0) is 27.1. The minimum absolute atomic E-state index is 0.0675. The maximum absolute atomic E-state index is 13.1. The lowest BCUT2D eigenvalue weighted by molar-refractivity contribution is 0.0520. The van der Waals surface area contributed by atoms with Crippen molar-refractivity contribution in [3.05, 3.63) is 121 Å². The van der Waals surface area contributed by atoms with Gasteiger partial charge < -0.3 is 9.47 Å². The average Bonchev–Trinajstić information content (AvgIpc) is 3.41. The molecule has 0 aliphatic heterocycles. The molecule has 0 N–H and O–H groups in total. The van der Waals surface area contributed by atoms with Crippen LogP contribution in [0.2, 0.25) is 0 Å². The highest BCUT2D eigenvalue weighted by Crippen LogP contribution is 2.49. The summed E-state index contributed by atoms with van der Waals surface area (Å²) in [4.78, 5) is 13.1. The summed E-state index contributed by atoms with van der Waals surface area (Å²) in [5, 5.41) is 11.8. The van der Waals surface area contributed by atoms with Crippen molar-refractivity contribution in [1.29, 1.82) is 0 Å². The van der Waals surface area contributed by atoms with Gasteiger partial charge in [0.1, 0.15) is 5.75 Å². The van der Waals surface area contributed by atoms with Crippen LogP contribution < -0.4 is 20.7 Å². The number of ether oxygens (including phenoxy) is 2. The lowest BCUT2D eigenvalue weighted by Crippen LogP contribution is -2.25. The van der Waals surface area contributed by atoms with Crippen LogP contribution in [0.15, 0.2) is 120 Å². The van der Waals surface area contributed by atoms with Crippen molar-refractivity contribution >= 4 is 34.8 Å².